The lowest BCUT2D eigenvalue weighted by molar-refractivity contribution is -0.317. The molecule has 2 aliphatic rings. The number of carbonyl (C=O) groups excluding carboxylic acids is 1. The van der Waals surface area contributed by atoms with Gasteiger partial charge in [0.1, 0.15) is 0 Å². The minimum absolute atomic E-state index is 0.0482. The number of hydrogen-bond donors (Lipinski definition) is 0. The fraction of sp³-hybridized carbons (Fsp3) is 0.688. The summed E-state index contributed by atoms with van der Waals surface area (Å²) in [6.07, 6.45) is 5.52. The third-order valence-electron chi connectivity index (χ3n) is 4.13. The molecule has 1 aliphatic carbocycles. The molecule has 23 heavy (non-hydrogen) atoms. The molecular weight excluding hydrogens is 313 g/mol. The van der Waals surface area contributed by atoms with Crippen molar-refractivity contribution in [2.45, 2.75) is 38.3 Å². The largest absolute Gasteiger partial charge is 0.491 e. The van der Waals surface area contributed by atoms with E-state index >= 15 is 0 Å². The summed E-state index contributed by atoms with van der Waals surface area (Å²) in [5.41, 5.74) is 0. The first-order valence-electron chi connectivity index (χ1n) is 7.70. The second-order valence-corrected chi connectivity index (χ2v) is 5.91. The molecule has 2 fully saturated rings. The maximum Gasteiger partial charge on any atom is 0.491 e. The SMILES string of the molecule is C=CC1CCC(/C=C/C2COC(OC(=O)C(F)(F)F)OC2)CC1. The van der Waals surface area contributed by atoms with E-state index in [0.717, 1.165) is 25.7 Å². The molecule has 0 atom stereocenters. The van der Waals surface area contributed by atoms with Crippen LogP contribution < -0.4 is 0 Å². The Labute approximate surface area is 133 Å². The molecule has 0 N–H and O–H groups in total. The number of allylic oxidation sites excluding steroid dienone is 2. The predicted molar refractivity (Wildman–Crippen MR) is 76.1 cm³/mol. The molecule has 0 spiro atoms. The van der Waals surface area contributed by atoms with Crippen molar-refractivity contribution in [1.82, 2.24) is 0 Å². The van der Waals surface area contributed by atoms with Gasteiger partial charge in [-0.25, -0.2) is 4.79 Å². The summed E-state index contributed by atoms with van der Waals surface area (Å²) in [6.45, 7) is 2.55. The summed E-state index contributed by atoms with van der Waals surface area (Å²) in [7, 11) is 0. The Bertz CT molecular complexity index is 431. The van der Waals surface area contributed by atoms with Gasteiger partial charge in [-0.15, -0.1) is 6.58 Å². The first kappa shape index (κ1) is 18.0. The summed E-state index contributed by atoms with van der Waals surface area (Å²) < 4.78 is 50.3. The molecule has 0 amide bonds. The Morgan fingerprint density at radius 1 is 1.00 bits per heavy atom. The van der Waals surface area contributed by atoms with Crippen LogP contribution in [0.15, 0.2) is 24.8 Å². The van der Waals surface area contributed by atoms with Crippen molar-refractivity contribution in [2.24, 2.45) is 17.8 Å². The lowest BCUT2D eigenvalue weighted by Crippen LogP contribution is -2.38. The number of hydrogen-bond acceptors (Lipinski definition) is 4. The standard InChI is InChI=1S/C16H21F3O4/c1-2-11-3-5-12(6-4-11)7-8-13-9-21-15(22-10-13)23-14(20)16(17,18)19/h2,7-8,11-13,15H,1,3-6,9-10H2/b8-7+. The molecule has 0 aromatic heterocycles. The number of alkyl halides is 3. The molecule has 0 unspecified atom stereocenters. The number of carbonyl (C=O) groups is 1. The zero-order chi connectivity index (χ0) is 16.9. The molecule has 0 aromatic carbocycles. The van der Waals surface area contributed by atoms with Crippen molar-refractivity contribution in [1.29, 1.82) is 0 Å². The topological polar surface area (TPSA) is 44.8 Å². The first-order chi connectivity index (χ1) is 10.9. The summed E-state index contributed by atoms with van der Waals surface area (Å²) in [5, 5.41) is 0. The smallest absolute Gasteiger partial charge is 0.404 e. The van der Waals surface area contributed by atoms with E-state index in [0.29, 0.717) is 11.8 Å². The highest BCUT2D eigenvalue weighted by molar-refractivity contribution is 5.75. The predicted octanol–water partition coefficient (Wildman–Crippen LogP) is 3.59. The normalized spacial score (nSPS) is 32.7. The molecule has 1 saturated carbocycles. The average molecular weight is 334 g/mol. The van der Waals surface area contributed by atoms with E-state index in [-0.39, 0.29) is 19.1 Å². The third kappa shape index (κ3) is 5.66. The maximum atomic E-state index is 12.1. The molecule has 0 bridgehead atoms. The first-order valence-corrected chi connectivity index (χ1v) is 7.70. The summed E-state index contributed by atoms with van der Waals surface area (Å²) >= 11 is 0. The van der Waals surface area contributed by atoms with E-state index in [4.69, 9.17) is 9.47 Å². The van der Waals surface area contributed by atoms with E-state index in [2.05, 4.69) is 17.4 Å². The van der Waals surface area contributed by atoms with Gasteiger partial charge in [-0.1, -0.05) is 18.2 Å². The van der Waals surface area contributed by atoms with Crippen molar-refractivity contribution < 1.29 is 32.2 Å². The van der Waals surface area contributed by atoms with Gasteiger partial charge in [0.2, 0.25) is 0 Å². The second kappa shape index (κ2) is 7.97. The molecule has 4 nitrogen and oxygen atoms in total. The maximum absolute atomic E-state index is 12.1. The number of esters is 1. The molecule has 2 rings (SSSR count). The molecular formula is C16H21F3O4. The van der Waals surface area contributed by atoms with Gasteiger partial charge < -0.3 is 14.2 Å². The van der Waals surface area contributed by atoms with Crippen LogP contribution in [0.1, 0.15) is 25.7 Å². The Balaban J connectivity index is 1.69. The molecule has 1 heterocycles. The highest BCUT2D eigenvalue weighted by atomic mass is 19.4. The van der Waals surface area contributed by atoms with Gasteiger partial charge in [0.15, 0.2) is 0 Å². The molecule has 0 aromatic rings. The molecule has 7 heteroatoms. The van der Waals surface area contributed by atoms with Gasteiger partial charge in [-0.3, -0.25) is 0 Å². The Morgan fingerprint density at radius 3 is 2.04 bits per heavy atom. The number of rotatable bonds is 4. The lowest BCUT2D eigenvalue weighted by Gasteiger charge is -2.28. The third-order valence-corrected chi connectivity index (χ3v) is 4.13. The molecule has 130 valence electrons. The van der Waals surface area contributed by atoms with Crippen LogP contribution in [-0.4, -0.2) is 31.8 Å². The average Bonchev–Trinajstić information content (AvgIpc) is 2.54. The van der Waals surface area contributed by atoms with Crippen LogP contribution in [0.4, 0.5) is 13.2 Å². The van der Waals surface area contributed by atoms with Crippen molar-refractivity contribution in [3.8, 4) is 0 Å². The van der Waals surface area contributed by atoms with Crippen molar-refractivity contribution in [2.75, 3.05) is 13.2 Å². The van der Waals surface area contributed by atoms with Crippen LogP contribution in [0.2, 0.25) is 0 Å². The monoisotopic (exact) mass is 334 g/mol. The number of halogens is 3. The van der Waals surface area contributed by atoms with Crippen LogP contribution >= 0.6 is 0 Å². The second-order valence-electron chi connectivity index (χ2n) is 5.91. The summed E-state index contributed by atoms with van der Waals surface area (Å²) in [6, 6.07) is 0. The van der Waals surface area contributed by atoms with E-state index in [1.165, 1.54) is 0 Å². The van der Waals surface area contributed by atoms with Crippen molar-refractivity contribution in [3.63, 3.8) is 0 Å². The molecule has 1 saturated heterocycles. The lowest BCUT2D eigenvalue weighted by atomic mass is 9.81. The van der Waals surface area contributed by atoms with Crippen LogP contribution in [0.25, 0.3) is 0 Å². The van der Waals surface area contributed by atoms with Gasteiger partial charge in [0.25, 0.3) is 0 Å². The fourth-order valence-corrected chi connectivity index (χ4v) is 2.72. The molecule has 1 aliphatic heterocycles. The van der Waals surface area contributed by atoms with Crippen LogP contribution in [0.5, 0.6) is 0 Å². The summed E-state index contributed by atoms with van der Waals surface area (Å²) in [4.78, 5) is 10.7. The van der Waals surface area contributed by atoms with Crippen LogP contribution in [0.3, 0.4) is 0 Å². The quantitative estimate of drug-likeness (QED) is 0.582. The van der Waals surface area contributed by atoms with Crippen molar-refractivity contribution in [3.05, 3.63) is 24.8 Å². The molecule has 0 radical (unpaired) electrons. The van der Waals surface area contributed by atoms with Gasteiger partial charge in [0.05, 0.1) is 13.2 Å². The highest BCUT2D eigenvalue weighted by Gasteiger charge is 2.43. The van der Waals surface area contributed by atoms with Crippen LogP contribution in [0, 0.1) is 17.8 Å². The minimum Gasteiger partial charge on any atom is -0.404 e. The Kier molecular flexibility index (Phi) is 6.24. The van der Waals surface area contributed by atoms with Crippen LogP contribution in [-0.2, 0) is 19.0 Å². The zero-order valence-corrected chi connectivity index (χ0v) is 12.8. The van der Waals surface area contributed by atoms with E-state index in [9.17, 15) is 18.0 Å². The number of ether oxygens (including phenoxy) is 3. The van der Waals surface area contributed by atoms with Gasteiger partial charge >= 0.3 is 18.6 Å². The zero-order valence-electron chi connectivity index (χ0n) is 12.8. The highest BCUT2D eigenvalue weighted by Crippen LogP contribution is 2.30. The minimum atomic E-state index is -5.05. The van der Waals surface area contributed by atoms with Gasteiger partial charge in [-0.05, 0) is 37.5 Å². The van der Waals surface area contributed by atoms with Gasteiger partial charge in [-0.2, -0.15) is 13.2 Å². The fourth-order valence-electron chi connectivity index (χ4n) is 2.72. The van der Waals surface area contributed by atoms with Crippen molar-refractivity contribution >= 4 is 5.97 Å². The van der Waals surface area contributed by atoms with E-state index in [1.807, 2.05) is 12.2 Å². The van der Waals surface area contributed by atoms with E-state index in [1.54, 1.807) is 0 Å². The van der Waals surface area contributed by atoms with Gasteiger partial charge in [0, 0.05) is 5.92 Å². The van der Waals surface area contributed by atoms with E-state index < -0.39 is 18.6 Å². The Hall–Kier alpha value is -1.34. The Morgan fingerprint density at radius 2 is 1.52 bits per heavy atom. The summed E-state index contributed by atoms with van der Waals surface area (Å²) in [5.74, 6) is -1.25.